The Morgan fingerprint density at radius 1 is 1.24 bits per heavy atom. The fourth-order valence-corrected chi connectivity index (χ4v) is 2.66. The van der Waals surface area contributed by atoms with Crippen molar-refractivity contribution in [2.75, 3.05) is 0 Å². The van der Waals surface area contributed by atoms with Gasteiger partial charge in [-0.2, -0.15) is 0 Å². The number of H-pyrrole nitrogens is 1. The fraction of sp³-hybridized carbons (Fsp3) is 0.263. The minimum atomic E-state index is -0.656. The van der Waals surface area contributed by atoms with Crippen LogP contribution < -0.4 is 10.6 Å². The molecule has 0 spiro atoms. The molecule has 6 heteroatoms. The van der Waals surface area contributed by atoms with Gasteiger partial charge in [-0.15, -0.1) is 0 Å². The van der Waals surface area contributed by atoms with E-state index in [0.717, 1.165) is 16.5 Å². The highest BCUT2D eigenvalue weighted by molar-refractivity contribution is 6.00. The van der Waals surface area contributed by atoms with Crippen LogP contribution in [0, 0.1) is 13.8 Å². The maximum absolute atomic E-state index is 12.4. The maximum Gasteiger partial charge on any atom is 0.268 e. The summed E-state index contributed by atoms with van der Waals surface area (Å²) in [6, 6.07) is 8.66. The van der Waals surface area contributed by atoms with E-state index in [0.29, 0.717) is 11.5 Å². The molecule has 3 aromatic rings. The lowest BCUT2D eigenvalue weighted by molar-refractivity contribution is -0.122. The van der Waals surface area contributed by atoms with Crippen LogP contribution in [-0.2, 0) is 11.3 Å². The van der Waals surface area contributed by atoms with Crippen molar-refractivity contribution in [3.05, 3.63) is 59.2 Å². The van der Waals surface area contributed by atoms with E-state index in [1.54, 1.807) is 25.3 Å². The normalized spacial score (nSPS) is 12.1. The molecule has 25 heavy (non-hydrogen) atoms. The van der Waals surface area contributed by atoms with Gasteiger partial charge in [-0.3, -0.25) is 9.59 Å². The topological polar surface area (TPSA) is 87.1 Å². The second-order valence-corrected chi connectivity index (χ2v) is 6.14. The molecular formula is C19H21N3O3. The molecule has 0 unspecified atom stereocenters. The molecule has 2 heterocycles. The number of nitrogens with one attached hydrogen (secondary N) is 3. The van der Waals surface area contributed by atoms with Gasteiger partial charge >= 0.3 is 0 Å². The van der Waals surface area contributed by atoms with Crippen molar-refractivity contribution in [1.82, 2.24) is 15.6 Å². The van der Waals surface area contributed by atoms with E-state index in [-0.39, 0.29) is 18.4 Å². The van der Waals surface area contributed by atoms with E-state index in [4.69, 9.17) is 4.42 Å². The van der Waals surface area contributed by atoms with Crippen molar-refractivity contribution in [3.8, 4) is 0 Å². The summed E-state index contributed by atoms with van der Waals surface area (Å²) in [6.07, 6.45) is 1.55. The Labute approximate surface area is 145 Å². The van der Waals surface area contributed by atoms with Crippen molar-refractivity contribution in [1.29, 1.82) is 0 Å². The minimum absolute atomic E-state index is 0.270. The van der Waals surface area contributed by atoms with Gasteiger partial charge in [0.25, 0.3) is 5.91 Å². The van der Waals surface area contributed by atoms with Crippen molar-refractivity contribution in [2.24, 2.45) is 0 Å². The first-order chi connectivity index (χ1) is 12.0. The van der Waals surface area contributed by atoms with Crippen LogP contribution >= 0.6 is 0 Å². The first-order valence-electron chi connectivity index (χ1n) is 8.15. The number of furan rings is 1. The van der Waals surface area contributed by atoms with Crippen LogP contribution in [-0.4, -0.2) is 22.8 Å². The molecular weight excluding hydrogens is 318 g/mol. The number of aryl methyl sites for hydroxylation is 2. The number of fused-ring (bicyclic) bond motifs is 1. The molecule has 0 fully saturated rings. The van der Waals surface area contributed by atoms with Gasteiger partial charge in [0.15, 0.2) is 0 Å². The molecule has 2 amide bonds. The first kappa shape index (κ1) is 16.8. The van der Waals surface area contributed by atoms with E-state index in [1.807, 2.05) is 32.0 Å². The lowest BCUT2D eigenvalue weighted by Gasteiger charge is -2.13. The number of amides is 2. The summed E-state index contributed by atoms with van der Waals surface area (Å²) in [5, 5.41) is 6.45. The molecule has 0 saturated carbocycles. The quantitative estimate of drug-likeness (QED) is 0.668. The van der Waals surface area contributed by atoms with Gasteiger partial charge in [0.05, 0.1) is 12.8 Å². The Morgan fingerprint density at radius 2 is 2.04 bits per heavy atom. The number of benzene rings is 1. The van der Waals surface area contributed by atoms with Crippen molar-refractivity contribution in [2.45, 2.75) is 33.4 Å². The number of hydrogen-bond acceptors (Lipinski definition) is 3. The van der Waals surface area contributed by atoms with Crippen LogP contribution in [0.5, 0.6) is 0 Å². The molecule has 0 aliphatic rings. The Hall–Kier alpha value is -3.02. The minimum Gasteiger partial charge on any atom is -0.467 e. The summed E-state index contributed by atoms with van der Waals surface area (Å²) in [4.78, 5) is 27.6. The summed E-state index contributed by atoms with van der Waals surface area (Å²) in [5.74, 6) is 0.0788. The van der Waals surface area contributed by atoms with E-state index in [9.17, 15) is 9.59 Å². The van der Waals surface area contributed by atoms with Crippen molar-refractivity contribution >= 4 is 22.7 Å². The number of hydrogen-bond donors (Lipinski definition) is 3. The number of aromatic amines is 1. The third-order valence-electron chi connectivity index (χ3n) is 4.35. The molecule has 3 N–H and O–H groups in total. The zero-order valence-corrected chi connectivity index (χ0v) is 14.5. The highest BCUT2D eigenvalue weighted by Crippen LogP contribution is 2.22. The summed E-state index contributed by atoms with van der Waals surface area (Å²) in [7, 11) is 0. The highest BCUT2D eigenvalue weighted by atomic mass is 16.3. The average Bonchev–Trinajstić information content (AvgIpc) is 3.25. The monoisotopic (exact) mass is 339 g/mol. The van der Waals surface area contributed by atoms with Gasteiger partial charge in [-0.25, -0.2) is 0 Å². The van der Waals surface area contributed by atoms with Gasteiger partial charge in [0.1, 0.15) is 17.5 Å². The predicted molar refractivity (Wildman–Crippen MR) is 95.3 cm³/mol. The Balaban J connectivity index is 1.65. The third-order valence-corrected chi connectivity index (χ3v) is 4.35. The molecule has 0 aliphatic carbocycles. The SMILES string of the molecule is Cc1ccc2[nH]c(C(=O)N[C@H](C)C(=O)NCc3ccco3)cc2c1C. The smallest absolute Gasteiger partial charge is 0.268 e. The van der Waals surface area contributed by atoms with Crippen molar-refractivity contribution in [3.63, 3.8) is 0 Å². The lowest BCUT2D eigenvalue weighted by Crippen LogP contribution is -2.44. The largest absolute Gasteiger partial charge is 0.467 e. The second kappa shape index (κ2) is 6.84. The zero-order valence-electron chi connectivity index (χ0n) is 14.5. The lowest BCUT2D eigenvalue weighted by atomic mass is 10.1. The summed E-state index contributed by atoms with van der Waals surface area (Å²) >= 11 is 0. The van der Waals surface area contributed by atoms with Crippen LogP contribution in [0.1, 0.15) is 34.3 Å². The van der Waals surface area contributed by atoms with Crippen LogP contribution in [0.15, 0.2) is 41.0 Å². The number of carbonyl (C=O) groups is 2. The first-order valence-corrected chi connectivity index (χ1v) is 8.15. The molecule has 0 radical (unpaired) electrons. The molecule has 0 aliphatic heterocycles. The van der Waals surface area contributed by atoms with Gasteiger partial charge in [0.2, 0.25) is 5.91 Å². The van der Waals surface area contributed by atoms with Crippen molar-refractivity contribution < 1.29 is 14.0 Å². The Morgan fingerprint density at radius 3 is 2.76 bits per heavy atom. The predicted octanol–water partition coefficient (Wildman–Crippen LogP) is 2.81. The number of aromatic nitrogens is 1. The van der Waals surface area contributed by atoms with E-state index in [2.05, 4.69) is 15.6 Å². The average molecular weight is 339 g/mol. The zero-order chi connectivity index (χ0) is 18.0. The molecule has 3 rings (SSSR count). The van der Waals surface area contributed by atoms with E-state index < -0.39 is 6.04 Å². The Kier molecular flexibility index (Phi) is 4.61. The molecule has 1 aromatic carbocycles. The molecule has 0 bridgehead atoms. The fourth-order valence-electron chi connectivity index (χ4n) is 2.66. The van der Waals surface area contributed by atoms with E-state index in [1.165, 1.54) is 5.56 Å². The number of carbonyl (C=O) groups excluding carboxylic acids is 2. The molecule has 130 valence electrons. The van der Waals surface area contributed by atoms with Crippen LogP contribution in [0.2, 0.25) is 0 Å². The van der Waals surface area contributed by atoms with Gasteiger partial charge < -0.3 is 20.0 Å². The summed E-state index contributed by atoms with van der Waals surface area (Å²) < 4.78 is 5.16. The molecule has 1 atom stereocenters. The van der Waals surface area contributed by atoms with Crippen LogP contribution in [0.25, 0.3) is 10.9 Å². The molecule has 6 nitrogen and oxygen atoms in total. The maximum atomic E-state index is 12.4. The molecule has 2 aromatic heterocycles. The summed E-state index contributed by atoms with van der Waals surface area (Å²) in [6.45, 7) is 6.00. The van der Waals surface area contributed by atoms with Crippen LogP contribution in [0.3, 0.4) is 0 Å². The highest BCUT2D eigenvalue weighted by Gasteiger charge is 2.18. The van der Waals surface area contributed by atoms with Gasteiger partial charge in [0, 0.05) is 10.9 Å². The standard InChI is InChI=1S/C19H21N3O3/c1-11-6-7-16-15(12(11)2)9-17(22-16)19(24)21-13(3)18(23)20-10-14-5-4-8-25-14/h4-9,13,22H,10H2,1-3H3,(H,20,23)(H,21,24)/t13-/m1/s1. The second-order valence-electron chi connectivity index (χ2n) is 6.14. The Bertz CT molecular complexity index is 910. The molecule has 0 saturated heterocycles. The number of rotatable bonds is 5. The van der Waals surface area contributed by atoms with Gasteiger partial charge in [-0.05, 0) is 56.2 Å². The summed E-state index contributed by atoms with van der Waals surface area (Å²) in [5.41, 5.74) is 3.65. The van der Waals surface area contributed by atoms with Crippen LogP contribution in [0.4, 0.5) is 0 Å². The van der Waals surface area contributed by atoms with E-state index >= 15 is 0 Å². The van der Waals surface area contributed by atoms with Gasteiger partial charge in [-0.1, -0.05) is 6.07 Å². The third kappa shape index (κ3) is 3.57.